The van der Waals surface area contributed by atoms with Crippen molar-refractivity contribution in [2.45, 2.75) is 19.9 Å². The van der Waals surface area contributed by atoms with Crippen LogP contribution in [0.2, 0.25) is 5.15 Å². The highest BCUT2D eigenvalue weighted by molar-refractivity contribution is 7.99. The second-order valence-corrected chi connectivity index (χ2v) is 5.33. The summed E-state index contributed by atoms with van der Waals surface area (Å²) in [5.74, 6) is 1.70. The molecule has 1 heterocycles. The number of anilines is 1. The fraction of sp³-hybridized carbons (Fsp3) is 0.455. The Labute approximate surface area is 110 Å². The summed E-state index contributed by atoms with van der Waals surface area (Å²) in [5.41, 5.74) is 6.39. The van der Waals surface area contributed by atoms with Gasteiger partial charge in [0.2, 0.25) is 0 Å². The zero-order valence-electron chi connectivity index (χ0n) is 9.87. The minimum Gasteiger partial charge on any atom is -0.397 e. The van der Waals surface area contributed by atoms with E-state index < -0.39 is 0 Å². The first-order chi connectivity index (χ1) is 8.04. The summed E-state index contributed by atoms with van der Waals surface area (Å²) in [6.45, 7) is 4.04. The van der Waals surface area contributed by atoms with Crippen molar-refractivity contribution in [1.82, 2.24) is 10.3 Å². The highest BCUT2D eigenvalue weighted by atomic mass is 35.5. The van der Waals surface area contributed by atoms with Gasteiger partial charge in [-0.05, 0) is 18.7 Å². The first kappa shape index (κ1) is 14.1. The van der Waals surface area contributed by atoms with E-state index in [0.29, 0.717) is 11.3 Å². The minimum absolute atomic E-state index is 0.0961. The van der Waals surface area contributed by atoms with E-state index in [1.165, 1.54) is 12.3 Å². The Kier molecular flexibility index (Phi) is 5.58. The molecule has 4 nitrogen and oxygen atoms in total. The Bertz CT molecular complexity index is 400. The smallest absolute Gasteiger partial charge is 0.253 e. The van der Waals surface area contributed by atoms with Crippen LogP contribution in [0.25, 0.3) is 0 Å². The van der Waals surface area contributed by atoms with E-state index in [4.69, 9.17) is 17.3 Å². The number of hydrogen-bond acceptors (Lipinski definition) is 4. The lowest BCUT2D eigenvalue weighted by atomic mass is 10.2. The Hall–Kier alpha value is -0.940. The lowest BCUT2D eigenvalue weighted by Gasteiger charge is -2.14. The van der Waals surface area contributed by atoms with Crippen molar-refractivity contribution in [1.29, 1.82) is 0 Å². The number of nitrogen functional groups attached to an aromatic ring is 1. The van der Waals surface area contributed by atoms with E-state index in [1.807, 2.05) is 6.92 Å². The molecule has 94 valence electrons. The average molecular weight is 274 g/mol. The van der Waals surface area contributed by atoms with Crippen LogP contribution in [0.3, 0.4) is 0 Å². The van der Waals surface area contributed by atoms with Gasteiger partial charge in [-0.25, -0.2) is 4.98 Å². The molecule has 1 atom stereocenters. The molecule has 0 aliphatic carbocycles. The molecule has 6 heteroatoms. The zero-order chi connectivity index (χ0) is 12.8. The van der Waals surface area contributed by atoms with E-state index in [2.05, 4.69) is 17.2 Å². The van der Waals surface area contributed by atoms with Crippen molar-refractivity contribution >= 4 is 35.0 Å². The van der Waals surface area contributed by atoms with Gasteiger partial charge in [-0.1, -0.05) is 18.5 Å². The van der Waals surface area contributed by atoms with Gasteiger partial charge < -0.3 is 11.1 Å². The third kappa shape index (κ3) is 4.44. The summed E-state index contributed by atoms with van der Waals surface area (Å²) in [5, 5.41) is 3.14. The molecule has 0 saturated heterocycles. The Balaban J connectivity index is 2.66. The van der Waals surface area contributed by atoms with Gasteiger partial charge in [-0.15, -0.1) is 0 Å². The van der Waals surface area contributed by atoms with Gasteiger partial charge in [0.25, 0.3) is 5.91 Å². The summed E-state index contributed by atoms with van der Waals surface area (Å²) in [6.07, 6.45) is 1.39. The van der Waals surface area contributed by atoms with Crippen molar-refractivity contribution in [2.24, 2.45) is 0 Å². The third-order valence-corrected chi connectivity index (χ3v) is 3.45. The van der Waals surface area contributed by atoms with Gasteiger partial charge in [0.15, 0.2) is 0 Å². The Morgan fingerprint density at radius 1 is 1.71 bits per heavy atom. The molecule has 0 aromatic carbocycles. The van der Waals surface area contributed by atoms with Gasteiger partial charge in [-0.3, -0.25) is 4.79 Å². The molecule has 0 radical (unpaired) electrons. The maximum atomic E-state index is 11.9. The quantitative estimate of drug-likeness (QED) is 0.807. The molecule has 3 N–H and O–H groups in total. The third-order valence-electron chi connectivity index (χ3n) is 2.10. The van der Waals surface area contributed by atoms with Crippen LogP contribution in [0.15, 0.2) is 12.3 Å². The number of nitrogens with one attached hydrogen (secondary N) is 1. The topological polar surface area (TPSA) is 68.0 Å². The van der Waals surface area contributed by atoms with Crippen LogP contribution in [0.4, 0.5) is 5.69 Å². The number of aromatic nitrogens is 1. The number of carbonyl (C=O) groups is 1. The zero-order valence-corrected chi connectivity index (χ0v) is 11.4. The van der Waals surface area contributed by atoms with Gasteiger partial charge in [0, 0.05) is 11.8 Å². The SMILES string of the molecule is CCSCC(C)NC(=O)c1cc(Cl)ncc1N. The lowest BCUT2D eigenvalue weighted by Crippen LogP contribution is -2.34. The van der Waals surface area contributed by atoms with Gasteiger partial charge in [0.1, 0.15) is 5.15 Å². The normalized spacial score (nSPS) is 12.2. The number of amides is 1. The number of rotatable bonds is 5. The van der Waals surface area contributed by atoms with Gasteiger partial charge in [0.05, 0.1) is 17.4 Å². The lowest BCUT2D eigenvalue weighted by molar-refractivity contribution is 0.0944. The van der Waals surface area contributed by atoms with E-state index in [-0.39, 0.29) is 17.1 Å². The Morgan fingerprint density at radius 3 is 3.06 bits per heavy atom. The van der Waals surface area contributed by atoms with Gasteiger partial charge in [-0.2, -0.15) is 11.8 Å². The second kappa shape index (κ2) is 6.71. The van der Waals surface area contributed by atoms with Crippen molar-refractivity contribution in [3.63, 3.8) is 0 Å². The molecule has 0 aliphatic rings. The predicted octanol–water partition coefficient (Wildman–Crippen LogP) is 2.19. The molecule has 1 amide bonds. The van der Waals surface area contributed by atoms with Crippen molar-refractivity contribution in [2.75, 3.05) is 17.2 Å². The van der Waals surface area contributed by atoms with Crippen LogP contribution in [-0.2, 0) is 0 Å². The molecule has 1 unspecified atom stereocenters. The van der Waals surface area contributed by atoms with Gasteiger partial charge >= 0.3 is 0 Å². The largest absolute Gasteiger partial charge is 0.397 e. The molecule has 17 heavy (non-hydrogen) atoms. The number of thioether (sulfide) groups is 1. The van der Waals surface area contributed by atoms with Crippen LogP contribution in [0.1, 0.15) is 24.2 Å². The molecule has 0 aliphatic heterocycles. The highest BCUT2D eigenvalue weighted by Gasteiger charge is 2.13. The molecule has 1 aromatic heterocycles. The van der Waals surface area contributed by atoms with Crippen molar-refractivity contribution in [3.8, 4) is 0 Å². The van der Waals surface area contributed by atoms with E-state index >= 15 is 0 Å². The monoisotopic (exact) mass is 273 g/mol. The van der Waals surface area contributed by atoms with Crippen LogP contribution in [-0.4, -0.2) is 28.4 Å². The minimum atomic E-state index is -0.212. The number of nitrogens with two attached hydrogens (primary N) is 1. The fourth-order valence-corrected chi connectivity index (χ4v) is 2.11. The number of carbonyl (C=O) groups excluding carboxylic acids is 1. The second-order valence-electron chi connectivity index (χ2n) is 3.63. The maximum absolute atomic E-state index is 11.9. The fourth-order valence-electron chi connectivity index (χ4n) is 1.27. The molecule has 0 saturated carbocycles. The summed E-state index contributed by atoms with van der Waals surface area (Å²) in [4.78, 5) is 15.7. The molecule has 1 aromatic rings. The molecule has 0 fully saturated rings. The summed E-state index contributed by atoms with van der Waals surface area (Å²) in [6, 6.07) is 1.57. The number of hydrogen-bond donors (Lipinski definition) is 2. The van der Waals surface area contributed by atoms with Crippen LogP contribution in [0.5, 0.6) is 0 Å². The first-order valence-electron chi connectivity index (χ1n) is 5.34. The molecular formula is C11H16ClN3OS. The molecule has 1 rings (SSSR count). The number of halogens is 1. The van der Waals surface area contributed by atoms with E-state index in [9.17, 15) is 4.79 Å². The van der Waals surface area contributed by atoms with E-state index in [0.717, 1.165) is 11.5 Å². The van der Waals surface area contributed by atoms with E-state index in [1.54, 1.807) is 11.8 Å². The Morgan fingerprint density at radius 2 is 2.41 bits per heavy atom. The summed E-state index contributed by atoms with van der Waals surface area (Å²) >= 11 is 7.51. The molecule has 0 spiro atoms. The van der Waals surface area contributed by atoms with Crippen molar-refractivity contribution in [3.05, 3.63) is 23.0 Å². The highest BCUT2D eigenvalue weighted by Crippen LogP contribution is 2.15. The molecular weight excluding hydrogens is 258 g/mol. The predicted molar refractivity (Wildman–Crippen MR) is 73.6 cm³/mol. The standard InChI is InChI=1S/C11H16ClN3OS/c1-3-17-6-7(2)15-11(16)8-4-10(12)14-5-9(8)13/h4-5,7H,3,6,13H2,1-2H3,(H,15,16). The summed E-state index contributed by atoms with van der Waals surface area (Å²) < 4.78 is 0. The van der Waals surface area contributed by atoms with Crippen LogP contribution < -0.4 is 11.1 Å². The van der Waals surface area contributed by atoms with Crippen LogP contribution in [0, 0.1) is 0 Å². The maximum Gasteiger partial charge on any atom is 0.253 e. The van der Waals surface area contributed by atoms with Crippen LogP contribution >= 0.6 is 23.4 Å². The first-order valence-corrected chi connectivity index (χ1v) is 6.87. The summed E-state index contributed by atoms with van der Waals surface area (Å²) in [7, 11) is 0. The molecule has 0 bridgehead atoms. The van der Waals surface area contributed by atoms with Crippen molar-refractivity contribution < 1.29 is 4.79 Å². The number of nitrogens with zero attached hydrogens (tertiary/aromatic N) is 1. The number of pyridine rings is 1. The average Bonchev–Trinajstić information content (AvgIpc) is 2.29.